The number of methoxy groups -OCH3 is 1. The third kappa shape index (κ3) is 3.86. The van der Waals surface area contributed by atoms with E-state index in [1.165, 1.54) is 43.4 Å². The van der Waals surface area contributed by atoms with Gasteiger partial charge in [-0.15, -0.1) is 0 Å². The van der Waals surface area contributed by atoms with Crippen LogP contribution in [0.2, 0.25) is 0 Å². The molecule has 1 aliphatic carbocycles. The van der Waals surface area contributed by atoms with Crippen molar-refractivity contribution in [1.82, 2.24) is 0 Å². The van der Waals surface area contributed by atoms with Gasteiger partial charge in [0.2, 0.25) is 0 Å². The second-order valence-electron chi connectivity index (χ2n) is 7.13. The summed E-state index contributed by atoms with van der Waals surface area (Å²) in [4.78, 5) is 14.0. The van der Waals surface area contributed by atoms with Crippen LogP contribution in [0.25, 0.3) is 0 Å². The first-order chi connectivity index (χ1) is 11.2. The molecule has 0 spiro atoms. The summed E-state index contributed by atoms with van der Waals surface area (Å²) in [5, 5.41) is 3.06. The third-order valence-corrected chi connectivity index (χ3v) is 5.52. The zero-order valence-electron chi connectivity index (χ0n) is 14.4. The number of piperidine rings is 1. The van der Waals surface area contributed by atoms with Crippen LogP contribution in [0.15, 0.2) is 18.2 Å². The zero-order valence-corrected chi connectivity index (χ0v) is 14.4. The van der Waals surface area contributed by atoms with E-state index in [2.05, 4.69) is 5.32 Å². The highest BCUT2D eigenvalue weighted by Crippen LogP contribution is 2.28. The Hall–Kier alpha value is -1.55. The van der Waals surface area contributed by atoms with Crippen LogP contribution >= 0.6 is 0 Å². The number of quaternary nitrogens is 1. The maximum absolute atomic E-state index is 12.5. The van der Waals surface area contributed by atoms with Gasteiger partial charge in [-0.05, 0) is 56.7 Å². The molecule has 4 heteroatoms. The quantitative estimate of drug-likeness (QED) is 0.894. The van der Waals surface area contributed by atoms with Crippen molar-refractivity contribution >= 4 is 11.6 Å². The van der Waals surface area contributed by atoms with Gasteiger partial charge in [-0.1, -0.05) is 12.5 Å². The van der Waals surface area contributed by atoms with Gasteiger partial charge in [-0.3, -0.25) is 4.79 Å². The van der Waals surface area contributed by atoms with Crippen molar-refractivity contribution in [2.24, 2.45) is 5.92 Å². The van der Waals surface area contributed by atoms with E-state index < -0.39 is 0 Å². The molecule has 0 radical (unpaired) electrons. The molecule has 1 aromatic rings. The summed E-state index contributed by atoms with van der Waals surface area (Å²) < 4.78 is 5.36. The lowest BCUT2D eigenvalue weighted by molar-refractivity contribution is -0.928. The summed E-state index contributed by atoms with van der Waals surface area (Å²) in [6.07, 6.45) is 7.99. The predicted octanol–water partition coefficient (Wildman–Crippen LogP) is 2.18. The van der Waals surface area contributed by atoms with Crippen LogP contribution in [0.4, 0.5) is 5.69 Å². The number of rotatable bonds is 4. The van der Waals surface area contributed by atoms with Crippen LogP contribution in [0, 0.1) is 12.8 Å². The fourth-order valence-electron chi connectivity index (χ4n) is 4.41. The van der Waals surface area contributed by atoms with Crippen molar-refractivity contribution in [3.05, 3.63) is 23.8 Å². The molecule has 1 amide bonds. The highest BCUT2D eigenvalue weighted by atomic mass is 16.5. The maximum atomic E-state index is 12.5. The molecule has 23 heavy (non-hydrogen) atoms. The van der Waals surface area contributed by atoms with Gasteiger partial charge in [0, 0.05) is 5.92 Å². The first-order valence-electron chi connectivity index (χ1n) is 8.96. The minimum Gasteiger partial charge on any atom is -0.495 e. The molecule has 2 fully saturated rings. The van der Waals surface area contributed by atoms with Gasteiger partial charge >= 0.3 is 0 Å². The van der Waals surface area contributed by atoms with Crippen molar-refractivity contribution in [3.8, 4) is 5.75 Å². The van der Waals surface area contributed by atoms with Crippen LogP contribution in [0.1, 0.15) is 44.1 Å². The number of carbonyl (C=O) groups excluding carboxylic acids is 1. The maximum Gasteiger partial charge on any atom is 0.279 e. The fourth-order valence-corrected chi connectivity index (χ4v) is 4.41. The number of likely N-dealkylation sites (tertiary alicyclic amines) is 1. The van der Waals surface area contributed by atoms with Crippen molar-refractivity contribution in [2.45, 2.75) is 51.5 Å². The van der Waals surface area contributed by atoms with E-state index in [4.69, 9.17) is 4.74 Å². The molecule has 2 N–H and O–H groups in total. The first kappa shape index (κ1) is 16.3. The van der Waals surface area contributed by atoms with Crippen LogP contribution < -0.4 is 15.0 Å². The van der Waals surface area contributed by atoms with E-state index in [1.807, 2.05) is 25.1 Å². The van der Waals surface area contributed by atoms with Crippen LogP contribution in [-0.2, 0) is 4.79 Å². The van der Waals surface area contributed by atoms with Crippen molar-refractivity contribution < 1.29 is 14.4 Å². The molecule has 1 saturated carbocycles. The second-order valence-corrected chi connectivity index (χ2v) is 7.13. The Morgan fingerprint density at radius 3 is 2.87 bits per heavy atom. The Labute approximate surface area is 139 Å². The summed E-state index contributed by atoms with van der Waals surface area (Å²) in [5.74, 6) is 1.68. The number of aryl methyl sites for hydroxylation is 1. The summed E-state index contributed by atoms with van der Waals surface area (Å²) >= 11 is 0. The number of benzene rings is 1. The molecule has 2 aliphatic rings. The highest BCUT2D eigenvalue weighted by Gasteiger charge is 2.37. The second kappa shape index (κ2) is 7.35. The van der Waals surface area contributed by atoms with Crippen molar-refractivity contribution in [3.63, 3.8) is 0 Å². The number of fused-ring (bicyclic) bond motifs is 1. The van der Waals surface area contributed by atoms with Crippen LogP contribution in [-0.4, -0.2) is 32.1 Å². The van der Waals surface area contributed by atoms with E-state index in [-0.39, 0.29) is 5.91 Å². The molecule has 1 heterocycles. The smallest absolute Gasteiger partial charge is 0.279 e. The monoisotopic (exact) mass is 317 g/mol. The molecule has 3 rings (SSSR count). The molecular formula is C19H29N2O2+. The largest absolute Gasteiger partial charge is 0.495 e. The van der Waals surface area contributed by atoms with Gasteiger partial charge in [0.25, 0.3) is 5.91 Å². The van der Waals surface area contributed by atoms with Crippen molar-refractivity contribution in [1.29, 1.82) is 0 Å². The lowest BCUT2D eigenvalue weighted by atomic mass is 9.78. The fraction of sp³-hybridized carbons (Fsp3) is 0.632. The molecule has 0 bridgehead atoms. The number of ether oxygens (including phenoxy) is 1. The molecular weight excluding hydrogens is 288 g/mol. The molecule has 1 aliphatic heterocycles. The Morgan fingerprint density at radius 1 is 1.26 bits per heavy atom. The van der Waals surface area contributed by atoms with Gasteiger partial charge in [-0.2, -0.15) is 0 Å². The van der Waals surface area contributed by atoms with Crippen LogP contribution in [0.3, 0.4) is 0 Å². The topological polar surface area (TPSA) is 42.8 Å². The number of hydrogen-bond acceptors (Lipinski definition) is 2. The first-order valence-corrected chi connectivity index (χ1v) is 8.96. The predicted molar refractivity (Wildman–Crippen MR) is 92.0 cm³/mol. The summed E-state index contributed by atoms with van der Waals surface area (Å²) in [6.45, 7) is 3.75. The number of amides is 1. The summed E-state index contributed by atoms with van der Waals surface area (Å²) in [6, 6.07) is 6.58. The number of anilines is 1. The average Bonchev–Trinajstić information content (AvgIpc) is 2.55. The molecule has 0 aromatic heterocycles. The molecule has 1 aromatic carbocycles. The third-order valence-electron chi connectivity index (χ3n) is 5.52. The van der Waals surface area contributed by atoms with E-state index in [0.717, 1.165) is 29.5 Å². The van der Waals surface area contributed by atoms with Gasteiger partial charge in [-0.25, -0.2) is 0 Å². The molecule has 3 atom stereocenters. The normalized spacial score (nSPS) is 27.1. The van der Waals surface area contributed by atoms with Gasteiger partial charge in [0.1, 0.15) is 5.75 Å². The molecule has 1 saturated heterocycles. The van der Waals surface area contributed by atoms with Gasteiger partial charge in [0.05, 0.1) is 25.4 Å². The minimum atomic E-state index is 0.107. The number of hydrogen-bond donors (Lipinski definition) is 2. The van der Waals surface area contributed by atoms with Gasteiger partial charge < -0.3 is 15.0 Å². The lowest BCUT2D eigenvalue weighted by Gasteiger charge is -2.40. The summed E-state index contributed by atoms with van der Waals surface area (Å²) in [7, 11) is 1.64. The Bertz CT molecular complexity index is 556. The van der Waals surface area contributed by atoms with E-state index in [1.54, 1.807) is 7.11 Å². The van der Waals surface area contributed by atoms with Gasteiger partial charge in [0.15, 0.2) is 6.54 Å². The molecule has 4 nitrogen and oxygen atoms in total. The number of nitrogens with one attached hydrogen (secondary N) is 2. The Morgan fingerprint density at radius 2 is 2.04 bits per heavy atom. The zero-order chi connectivity index (χ0) is 16.2. The van der Waals surface area contributed by atoms with Crippen LogP contribution in [0.5, 0.6) is 5.75 Å². The number of carbonyl (C=O) groups is 1. The standard InChI is InChI=1S/C19H28N2O2/c1-14-9-10-18(23-2)16(12-14)20-19(22)13-21-11-5-7-15-6-3-4-8-17(15)21/h9-10,12,15,17H,3-8,11,13H2,1-2H3,(H,20,22)/p+1/t15-,17-/m0/s1. The minimum absolute atomic E-state index is 0.107. The lowest BCUT2D eigenvalue weighted by Crippen LogP contribution is -3.18. The Balaban J connectivity index is 1.64. The van der Waals surface area contributed by atoms with E-state index >= 15 is 0 Å². The van der Waals surface area contributed by atoms with Crippen molar-refractivity contribution in [2.75, 3.05) is 25.5 Å². The van der Waals surface area contributed by atoms with E-state index in [0.29, 0.717) is 12.6 Å². The SMILES string of the molecule is COc1ccc(C)cc1NC(=O)C[NH+]1CCC[C@@H]2CCCC[C@@H]21. The van der Waals surface area contributed by atoms with E-state index in [9.17, 15) is 4.79 Å². The summed E-state index contributed by atoms with van der Waals surface area (Å²) in [5.41, 5.74) is 1.91. The Kier molecular flexibility index (Phi) is 5.21. The average molecular weight is 317 g/mol. The highest BCUT2D eigenvalue weighted by molar-refractivity contribution is 5.93. The molecule has 1 unspecified atom stereocenters. The molecule has 126 valence electrons.